The number of aromatic nitrogens is 2. The van der Waals surface area contributed by atoms with Gasteiger partial charge in [0.15, 0.2) is 0 Å². The van der Waals surface area contributed by atoms with Crippen LogP contribution in [-0.4, -0.2) is 34.3 Å². The summed E-state index contributed by atoms with van der Waals surface area (Å²) in [6.45, 7) is 4.54. The Labute approximate surface area is 165 Å². The van der Waals surface area contributed by atoms with E-state index in [0.717, 1.165) is 42.9 Å². The minimum Gasteiger partial charge on any atom is -0.471 e. The predicted octanol–water partition coefficient (Wildman–Crippen LogP) is 4.75. The maximum atomic E-state index is 13.8. The third-order valence-electron chi connectivity index (χ3n) is 5.18. The number of piperidine rings is 1. The molecule has 0 atom stereocenters. The fourth-order valence-electron chi connectivity index (χ4n) is 3.63. The van der Waals surface area contributed by atoms with Gasteiger partial charge in [-0.2, -0.15) is 0 Å². The van der Waals surface area contributed by atoms with Crippen molar-refractivity contribution in [3.63, 3.8) is 0 Å². The molecule has 4 nitrogen and oxygen atoms in total. The summed E-state index contributed by atoms with van der Waals surface area (Å²) in [5, 5.41) is 4.66. The van der Waals surface area contributed by atoms with Crippen molar-refractivity contribution in [2.75, 3.05) is 19.6 Å². The van der Waals surface area contributed by atoms with Gasteiger partial charge in [-0.05, 0) is 49.2 Å². The average Bonchev–Trinajstić information content (AvgIpc) is 3.15. The first-order valence-electron chi connectivity index (χ1n) is 10.0. The van der Waals surface area contributed by atoms with Crippen LogP contribution in [0, 0.1) is 5.82 Å². The van der Waals surface area contributed by atoms with Gasteiger partial charge >= 0.3 is 0 Å². The van der Waals surface area contributed by atoms with Crippen LogP contribution in [0.5, 0.6) is 5.88 Å². The maximum Gasteiger partial charge on any atom is 0.241 e. The smallest absolute Gasteiger partial charge is 0.241 e. The summed E-state index contributed by atoms with van der Waals surface area (Å²) >= 11 is 0. The number of halogens is 1. The SMILES string of the molecule is Fc1cccc(-c2cn(CCN3CCCCC3)nc2OCc2ccccc2)c1. The molecule has 1 aliphatic heterocycles. The van der Waals surface area contributed by atoms with Gasteiger partial charge in [0, 0.05) is 12.7 Å². The van der Waals surface area contributed by atoms with Crippen LogP contribution < -0.4 is 4.74 Å². The Morgan fingerprint density at radius 3 is 2.54 bits per heavy atom. The average molecular weight is 379 g/mol. The Balaban J connectivity index is 1.52. The van der Waals surface area contributed by atoms with Gasteiger partial charge in [-0.3, -0.25) is 4.68 Å². The molecule has 1 saturated heterocycles. The van der Waals surface area contributed by atoms with Crippen molar-refractivity contribution in [1.82, 2.24) is 14.7 Å². The Morgan fingerprint density at radius 1 is 0.929 bits per heavy atom. The topological polar surface area (TPSA) is 30.3 Å². The molecule has 146 valence electrons. The van der Waals surface area contributed by atoms with Gasteiger partial charge in [0.2, 0.25) is 5.88 Å². The zero-order chi connectivity index (χ0) is 19.2. The van der Waals surface area contributed by atoms with E-state index >= 15 is 0 Å². The van der Waals surface area contributed by atoms with Crippen LogP contribution in [-0.2, 0) is 13.2 Å². The summed E-state index contributed by atoms with van der Waals surface area (Å²) in [4.78, 5) is 2.48. The van der Waals surface area contributed by atoms with E-state index in [1.54, 1.807) is 6.07 Å². The molecule has 0 radical (unpaired) electrons. The summed E-state index contributed by atoms with van der Waals surface area (Å²) < 4.78 is 21.7. The maximum absolute atomic E-state index is 13.8. The number of ether oxygens (including phenoxy) is 1. The summed E-state index contributed by atoms with van der Waals surface area (Å²) in [7, 11) is 0. The molecular weight excluding hydrogens is 353 g/mol. The first-order chi connectivity index (χ1) is 13.8. The Kier molecular flexibility index (Phi) is 6.02. The normalized spacial score (nSPS) is 14.9. The predicted molar refractivity (Wildman–Crippen MR) is 109 cm³/mol. The van der Waals surface area contributed by atoms with Gasteiger partial charge in [0.1, 0.15) is 12.4 Å². The molecule has 0 saturated carbocycles. The first kappa shape index (κ1) is 18.7. The minimum absolute atomic E-state index is 0.257. The molecule has 0 N–H and O–H groups in total. The molecule has 0 unspecified atom stereocenters. The molecule has 0 bridgehead atoms. The highest BCUT2D eigenvalue weighted by Crippen LogP contribution is 2.30. The van der Waals surface area contributed by atoms with E-state index in [1.807, 2.05) is 47.3 Å². The van der Waals surface area contributed by atoms with Crippen LogP contribution in [0.15, 0.2) is 60.8 Å². The fraction of sp³-hybridized carbons (Fsp3) is 0.348. The lowest BCUT2D eigenvalue weighted by molar-refractivity contribution is 0.216. The van der Waals surface area contributed by atoms with E-state index in [4.69, 9.17) is 4.74 Å². The second-order valence-electron chi connectivity index (χ2n) is 7.30. The zero-order valence-electron chi connectivity index (χ0n) is 16.1. The fourth-order valence-corrected chi connectivity index (χ4v) is 3.63. The highest BCUT2D eigenvalue weighted by Gasteiger charge is 2.15. The zero-order valence-corrected chi connectivity index (χ0v) is 16.1. The first-order valence-corrected chi connectivity index (χ1v) is 10.0. The summed E-state index contributed by atoms with van der Waals surface area (Å²) in [6.07, 6.45) is 5.86. The van der Waals surface area contributed by atoms with E-state index in [1.165, 1.54) is 31.4 Å². The van der Waals surface area contributed by atoms with Crippen molar-refractivity contribution in [1.29, 1.82) is 0 Å². The van der Waals surface area contributed by atoms with Crippen molar-refractivity contribution in [3.8, 4) is 17.0 Å². The van der Waals surface area contributed by atoms with Gasteiger partial charge in [-0.15, -0.1) is 5.10 Å². The van der Waals surface area contributed by atoms with Crippen LogP contribution in [0.25, 0.3) is 11.1 Å². The lowest BCUT2D eigenvalue weighted by Crippen LogP contribution is -2.32. The minimum atomic E-state index is -0.257. The van der Waals surface area contributed by atoms with Crippen LogP contribution in [0.4, 0.5) is 4.39 Å². The Hall–Kier alpha value is -2.66. The molecule has 3 aromatic rings. The summed E-state index contributed by atoms with van der Waals surface area (Å²) in [5.41, 5.74) is 2.69. The molecule has 2 aromatic carbocycles. The molecule has 0 aliphatic carbocycles. The van der Waals surface area contributed by atoms with E-state index in [-0.39, 0.29) is 5.82 Å². The van der Waals surface area contributed by atoms with Crippen molar-refractivity contribution in [2.45, 2.75) is 32.4 Å². The van der Waals surface area contributed by atoms with Crippen molar-refractivity contribution >= 4 is 0 Å². The highest BCUT2D eigenvalue weighted by atomic mass is 19.1. The monoisotopic (exact) mass is 379 g/mol. The van der Waals surface area contributed by atoms with Crippen molar-refractivity contribution in [2.24, 2.45) is 0 Å². The van der Waals surface area contributed by atoms with Crippen LogP contribution in [0.3, 0.4) is 0 Å². The van der Waals surface area contributed by atoms with Gasteiger partial charge < -0.3 is 9.64 Å². The number of rotatable bonds is 7. The molecule has 1 aliphatic rings. The summed E-state index contributed by atoms with van der Waals surface area (Å²) in [6, 6.07) is 16.6. The third kappa shape index (κ3) is 4.78. The van der Waals surface area contributed by atoms with E-state index in [9.17, 15) is 4.39 Å². The Bertz CT molecular complexity index is 888. The number of benzene rings is 2. The van der Waals surface area contributed by atoms with Gasteiger partial charge in [-0.1, -0.05) is 48.9 Å². The molecule has 1 fully saturated rings. The van der Waals surface area contributed by atoms with Crippen molar-refractivity contribution in [3.05, 3.63) is 72.2 Å². The van der Waals surface area contributed by atoms with E-state index in [0.29, 0.717) is 12.5 Å². The molecule has 0 spiro atoms. The summed E-state index contributed by atoms with van der Waals surface area (Å²) in [5.74, 6) is 0.292. The van der Waals surface area contributed by atoms with E-state index < -0.39 is 0 Å². The van der Waals surface area contributed by atoms with Gasteiger partial charge in [-0.25, -0.2) is 4.39 Å². The number of hydrogen-bond acceptors (Lipinski definition) is 3. The van der Waals surface area contributed by atoms with Gasteiger partial charge in [0.05, 0.1) is 12.1 Å². The number of likely N-dealkylation sites (tertiary alicyclic amines) is 1. The number of hydrogen-bond donors (Lipinski definition) is 0. The van der Waals surface area contributed by atoms with Crippen LogP contribution in [0.2, 0.25) is 0 Å². The number of nitrogens with zero attached hydrogens (tertiary/aromatic N) is 3. The van der Waals surface area contributed by atoms with Crippen molar-refractivity contribution < 1.29 is 9.13 Å². The standard InChI is InChI=1S/C23H26FN3O/c24-21-11-7-10-20(16-21)22-17-27(15-14-26-12-5-2-6-13-26)25-23(22)28-18-19-8-3-1-4-9-19/h1,3-4,7-11,16-17H,2,5-6,12-15,18H2. The molecule has 2 heterocycles. The van der Waals surface area contributed by atoms with Crippen LogP contribution >= 0.6 is 0 Å². The largest absolute Gasteiger partial charge is 0.471 e. The Morgan fingerprint density at radius 2 is 1.75 bits per heavy atom. The van der Waals surface area contributed by atoms with Crippen LogP contribution in [0.1, 0.15) is 24.8 Å². The third-order valence-corrected chi connectivity index (χ3v) is 5.18. The highest BCUT2D eigenvalue weighted by molar-refractivity contribution is 5.68. The second-order valence-corrected chi connectivity index (χ2v) is 7.30. The molecule has 28 heavy (non-hydrogen) atoms. The molecular formula is C23H26FN3O. The lowest BCUT2D eigenvalue weighted by Gasteiger charge is -2.26. The van der Waals surface area contributed by atoms with Gasteiger partial charge in [0.25, 0.3) is 0 Å². The molecule has 4 rings (SSSR count). The lowest BCUT2D eigenvalue weighted by atomic mass is 10.1. The molecule has 5 heteroatoms. The molecule has 0 amide bonds. The van der Waals surface area contributed by atoms with E-state index in [2.05, 4.69) is 10.00 Å². The molecule has 1 aromatic heterocycles. The second kappa shape index (κ2) is 9.02. The quantitative estimate of drug-likeness (QED) is 0.593.